The molecule has 1 aromatic heterocycles. The molecular weight excluding hydrogens is 443 g/mol. The molecule has 1 amide bonds. The van der Waals surface area contributed by atoms with Crippen LogP contribution in [0.2, 0.25) is 0 Å². The molecule has 0 atom stereocenters. The van der Waals surface area contributed by atoms with Crippen LogP contribution in [0.3, 0.4) is 0 Å². The maximum Gasteiger partial charge on any atom is 0.418 e. The monoisotopic (exact) mass is 465 g/mol. The molecule has 0 saturated carbocycles. The average Bonchev–Trinajstić information content (AvgIpc) is 2.87. The third kappa shape index (κ3) is 5.15. The standard InChI is InChI=1S/C26H22F3N3O2/c1-34-24-12-10-20(18-19(24)9-11-21-6-4-5-13-30-21)25(33)32-16-14-31(15-17-32)23-8-3-2-7-22(23)26(27,28)29/h2-8,10,12-13,18H,14-17H2,1H3. The molecule has 0 radical (unpaired) electrons. The summed E-state index contributed by atoms with van der Waals surface area (Å²) in [4.78, 5) is 20.6. The van der Waals surface area contributed by atoms with E-state index in [0.717, 1.165) is 6.07 Å². The Morgan fingerprint density at radius 1 is 0.971 bits per heavy atom. The van der Waals surface area contributed by atoms with Crippen LogP contribution in [0.4, 0.5) is 18.9 Å². The second kappa shape index (κ2) is 9.87. The summed E-state index contributed by atoms with van der Waals surface area (Å²) >= 11 is 0. The number of para-hydroxylation sites is 1. The van der Waals surface area contributed by atoms with Crippen molar-refractivity contribution >= 4 is 11.6 Å². The Labute approximate surface area is 195 Å². The number of aromatic nitrogens is 1. The number of methoxy groups -OCH3 is 1. The first-order valence-electron chi connectivity index (χ1n) is 10.7. The molecule has 1 fully saturated rings. The van der Waals surface area contributed by atoms with Gasteiger partial charge in [-0.1, -0.05) is 24.1 Å². The summed E-state index contributed by atoms with van der Waals surface area (Å²) in [5.41, 5.74) is 1.06. The van der Waals surface area contributed by atoms with Crippen LogP contribution < -0.4 is 9.64 Å². The van der Waals surface area contributed by atoms with Gasteiger partial charge in [-0.2, -0.15) is 13.2 Å². The van der Waals surface area contributed by atoms with Gasteiger partial charge in [0.05, 0.1) is 18.2 Å². The molecule has 0 spiro atoms. The first kappa shape index (κ1) is 23.2. The van der Waals surface area contributed by atoms with Gasteiger partial charge >= 0.3 is 6.18 Å². The number of rotatable bonds is 3. The fraction of sp³-hybridized carbons (Fsp3) is 0.231. The number of ether oxygens (including phenoxy) is 1. The van der Waals surface area contributed by atoms with Gasteiger partial charge in [0.15, 0.2) is 0 Å². The molecule has 8 heteroatoms. The van der Waals surface area contributed by atoms with E-state index in [9.17, 15) is 18.0 Å². The second-order valence-corrected chi connectivity index (χ2v) is 7.67. The highest BCUT2D eigenvalue weighted by Gasteiger charge is 2.35. The lowest BCUT2D eigenvalue weighted by Gasteiger charge is -2.37. The Hall–Kier alpha value is -3.99. The van der Waals surface area contributed by atoms with Crippen molar-refractivity contribution in [3.8, 4) is 17.6 Å². The van der Waals surface area contributed by atoms with Gasteiger partial charge in [-0.05, 0) is 48.4 Å². The van der Waals surface area contributed by atoms with Crippen molar-refractivity contribution in [2.75, 3.05) is 38.2 Å². The molecule has 4 rings (SSSR count). The quantitative estimate of drug-likeness (QED) is 0.536. The van der Waals surface area contributed by atoms with Crippen LogP contribution in [-0.4, -0.2) is 49.1 Å². The summed E-state index contributed by atoms with van der Waals surface area (Å²) in [5.74, 6) is 6.30. The van der Waals surface area contributed by atoms with E-state index in [-0.39, 0.29) is 11.6 Å². The van der Waals surface area contributed by atoms with Crippen LogP contribution >= 0.6 is 0 Å². The lowest BCUT2D eigenvalue weighted by atomic mass is 10.1. The van der Waals surface area contributed by atoms with E-state index in [1.165, 1.54) is 19.2 Å². The van der Waals surface area contributed by atoms with Gasteiger partial charge in [0.25, 0.3) is 5.91 Å². The molecule has 2 heterocycles. The summed E-state index contributed by atoms with van der Waals surface area (Å²) in [6.45, 7) is 1.24. The number of hydrogen-bond acceptors (Lipinski definition) is 4. The van der Waals surface area contributed by atoms with E-state index in [1.54, 1.807) is 52.4 Å². The number of halogens is 3. The number of benzene rings is 2. The van der Waals surface area contributed by atoms with Gasteiger partial charge in [0.1, 0.15) is 11.4 Å². The first-order valence-corrected chi connectivity index (χ1v) is 10.7. The van der Waals surface area contributed by atoms with Crippen molar-refractivity contribution in [1.29, 1.82) is 0 Å². The molecule has 0 unspecified atom stereocenters. The highest BCUT2D eigenvalue weighted by molar-refractivity contribution is 5.95. The summed E-state index contributed by atoms with van der Waals surface area (Å²) in [7, 11) is 1.53. The highest BCUT2D eigenvalue weighted by Crippen LogP contribution is 2.36. The fourth-order valence-electron chi connectivity index (χ4n) is 3.83. The zero-order valence-corrected chi connectivity index (χ0v) is 18.5. The Balaban J connectivity index is 1.49. The van der Waals surface area contributed by atoms with Gasteiger partial charge in [-0.15, -0.1) is 0 Å². The predicted octanol–water partition coefficient (Wildman–Crippen LogP) is 4.47. The van der Waals surface area contributed by atoms with E-state index in [4.69, 9.17) is 4.74 Å². The van der Waals surface area contributed by atoms with Crippen molar-refractivity contribution in [3.05, 3.63) is 89.2 Å². The van der Waals surface area contributed by atoms with Crippen LogP contribution in [0.25, 0.3) is 0 Å². The number of hydrogen-bond donors (Lipinski definition) is 0. The third-order valence-corrected chi connectivity index (χ3v) is 5.55. The minimum absolute atomic E-state index is 0.138. The van der Waals surface area contributed by atoms with Crippen molar-refractivity contribution < 1.29 is 22.7 Å². The second-order valence-electron chi connectivity index (χ2n) is 7.67. The maximum absolute atomic E-state index is 13.4. The molecular formula is C26H22F3N3O2. The number of anilines is 1. The molecule has 0 N–H and O–H groups in total. The van der Waals surface area contributed by atoms with Crippen LogP contribution in [0, 0.1) is 11.8 Å². The number of nitrogens with zero attached hydrogens (tertiary/aromatic N) is 3. The molecule has 3 aromatic rings. The third-order valence-electron chi connectivity index (χ3n) is 5.55. The minimum Gasteiger partial charge on any atom is -0.495 e. The number of carbonyl (C=O) groups is 1. The van der Waals surface area contributed by atoms with Crippen molar-refractivity contribution in [2.45, 2.75) is 6.18 Å². The van der Waals surface area contributed by atoms with Crippen LogP contribution in [0.15, 0.2) is 66.9 Å². The molecule has 174 valence electrons. The molecule has 0 aliphatic carbocycles. The lowest BCUT2D eigenvalue weighted by Crippen LogP contribution is -2.49. The number of carbonyl (C=O) groups excluding carboxylic acids is 1. The number of piperazine rings is 1. The fourth-order valence-corrected chi connectivity index (χ4v) is 3.83. The number of amides is 1. The Bertz CT molecular complexity index is 1230. The first-order chi connectivity index (χ1) is 16.4. The van der Waals surface area contributed by atoms with Crippen LogP contribution in [0.1, 0.15) is 27.2 Å². The predicted molar refractivity (Wildman–Crippen MR) is 123 cm³/mol. The molecule has 5 nitrogen and oxygen atoms in total. The number of pyridine rings is 1. The number of alkyl halides is 3. The molecule has 2 aromatic carbocycles. The van der Waals surface area contributed by atoms with Crippen molar-refractivity contribution in [2.24, 2.45) is 0 Å². The largest absolute Gasteiger partial charge is 0.495 e. The van der Waals surface area contributed by atoms with Crippen molar-refractivity contribution in [1.82, 2.24) is 9.88 Å². The topological polar surface area (TPSA) is 45.7 Å². The smallest absolute Gasteiger partial charge is 0.418 e. The van der Waals surface area contributed by atoms with Crippen molar-refractivity contribution in [3.63, 3.8) is 0 Å². The van der Waals surface area contributed by atoms with E-state index in [2.05, 4.69) is 16.8 Å². The molecule has 1 aliphatic rings. The van der Waals surface area contributed by atoms with Gasteiger partial charge < -0.3 is 14.5 Å². The van der Waals surface area contributed by atoms with E-state index >= 15 is 0 Å². The highest BCUT2D eigenvalue weighted by atomic mass is 19.4. The minimum atomic E-state index is -4.43. The average molecular weight is 465 g/mol. The summed E-state index contributed by atoms with van der Waals surface area (Å²) in [6.07, 6.45) is -2.78. The molecule has 1 aliphatic heterocycles. The summed E-state index contributed by atoms with van der Waals surface area (Å²) in [5, 5.41) is 0. The molecule has 0 bridgehead atoms. The normalized spacial score (nSPS) is 13.8. The summed E-state index contributed by atoms with van der Waals surface area (Å²) < 4.78 is 45.5. The maximum atomic E-state index is 13.4. The van der Waals surface area contributed by atoms with Crippen LogP contribution in [0.5, 0.6) is 5.75 Å². The Morgan fingerprint density at radius 2 is 1.71 bits per heavy atom. The molecule has 1 saturated heterocycles. The van der Waals surface area contributed by atoms with Gasteiger partial charge in [-0.25, -0.2) is 4.98 Å². The van der Waals surface area contributed by atoms with E-state index in [1.807, 2.05) is 6.07 Å². The van der Waals surface area contributed by atoms with Gasteiger partial charge in [0, 0.05) is 43.6 Å². The van der Waals surface area contributed by atoms with Gasteiger partial charge in [-0.3, -0.25) is 4.79 Å². The summed E-state index contributed by atoms with van der Waals surface area (Å²) in [6, 6.07) is 16.0. The van der Waals surface area contributed by atoms with Gasteiger partial charge in [0.2, 0.25) is 0 Å². The van der Waals surface area contributed by atoms with E-state index in [0.29, 0.717) is 48.7 Å². The SMILES string of the molecule is COc1ccc(C(=O)N2CCN(c3ccccc3C(F)(F)F)CC2)cc1C#Cc1ccccn1. The van der Waals surface area contributed by atoms with E-state index < -0.39 is 11.7 Å². The molecule has 34 heavy (non-hydrogen) atoms. The zero-order valence-electron chi connectivity index (χ0n) is 18.5. The Kier molecular flexibility index (Phi) is 6.73. The lowest BCUT2D eigenvalue weighted by molar-refractivity contribution is -0.137. The van der Waals surface area contributed by atoms with Crippen LogP contribution in [-0.2, 0) is 6.18 Å². The Morgan fingerprint density at radius 3 is 2.38 bits per heavy atom. The zero-order chi connectivity index (χ0) is 24.1.